The molecule has 0 amide bonds. The molecule has 4 nitrogen and oxygen atoms in total. The zero-order valence-electron chi connectivity index (χ0n) is 9.12. The maximum absolute atomic E-state index is 12.0. The average molecular weight is 242 g/mol. The summed E-state index contributed by atoms with van der Waals surface area (Å²) in [6.07, 6.45) is 0. The summed E-state index contributed by atoms with van der Waals surface area (Å²) < 4.78 is 24.1. The van der Waals surface area contributed by atoms with Crippen LogP contribution in [0.5, 0.6) is 0 Å². The Bertz CT molecular complexity index is 462. The highest BCUT2D eigenvalue weighted by atomic mass is 32.2. The molecule has 16 heavy (non-hydrogen) atoms. The van der Waals surface area contributed by atoms with Crippen molar-refractivity contribution in [1.29, 1.82) is 0 Å². The third-order valence-corrected chi connectivity index (χ3v) is 4.60. The molecule has 88 valence electrons. The standard InChI is InChI=1S/C11H14O4S/c1-8(2)10(11(12)13)16(14,15)9-6-4-3-5-7-9/h3-8,10H,1-2H3,(H,12,13). The lowest BCUT2D eigenvalue weighted by Crippen LogP contribution is -2.34. The molecule has 0 heterocycles. The van der Waals surface area contributed by atoms with E-state index < -0.39 is 27.0 Å². The lowest BCUT2D eigenvalue weighted by atomic mass is 10.1. The van der Waals surface area contributed by atoms with Gasteiger partial charge in [0.05, 0.1) is 4.90 Å². The fourth-order valence-corrected chi connectivity index (χ4v) is 3.34. The number of hydrogen-bond donors (Lipinski definition) is 1. The first-order chi connectivity index (χ1) is 7.37. The molecule has 1 atom stereocenters. The minimum atomic E-state index is -3.80. The molecule has 5 heteroatoms. The zero-order valence-corrected chi connectivity index (χ0v) is 9.94. The minimum absolute atomic E-state index is 0.0519. The van der Waals surface area contributed by atoms with Crippen LogP contribution in [0.15, 0.2) is 35.2 Å². The second-order valence-corrected chi connectivity index (χ2v) is 5.93. The summed E-state index contributed by atoms with van der Waals surface area (Å²) in [5.74, 6) is -1.78. The van der Waals surface area contributed by atoms with E-state index >= 15 is 0 Å². The summed E-state index contributed by atoms with van der Waals surface area (Å²) in [6.45, 7) is 3.17. The van der Waals surface area contributed by atoms with Crippen LogP contribution in [-0.2, 0) is 14.6 Å². The summed E-state index contributed by atoms with van der Waals surface area (Å²) in [5.41, 5.74) is 0. The normalized spacial score (nSPS) is 13.7. The highest BCUT2D eigenvalue weighted by Crippen LogP contribution is 2.21. The lowest BCUT2D eigenvalue weighted by Gasteiger charge is -2.16. The Morgan fingerprint density at radius 3 is 2.06 bits per heavy atom. The first kappa shape index (κ1) is 12.7. The maximum atomic E-state index is 12.0. The molecule has 1 unspecified atom stereocenters. The quantitative estimate of drug-likeness (QED) is 0.870. The number of sulfone groups is 1. The van der Waals surface area contributed by atoms with Gasteiger partial charge in [-0.05, 0) is 18.1 Å². The molecule has 0 fully saturated rings. The summed E-state index contributed by atoms with van der Waals surface area (Å²) in [4.78, 5) is 11.0. The van der Waals surface area contributed by atoms with Crippen molar-refractivity contribution in [2.45, 2.75) is 24.0 Å². The van der Waals surface area contributed by atoms with Gasteiger partial charge in [-0.3, -0.25) is 4.79 Å². The van der Waals surface area contributed by atoms with E-state index in [2.05, 4.69) is 0 Å². The SMILES string of the molecule is CC(C)C(C(=O)O)S(=O)(=O)c1ccccc1. The molecule has 1 aromatic carbocycles. The topological polar surface area (TPSA) is 71.4 Å². The Labute approximate surface area is 94.8 Å². The van der Waals surface area contributed by atoms with Gasteiger partial charge >= 0.3 is 5.97 Å². The van der Waals surface area contributed by atoms with Crippen molar-refractivity contribution in [2.75, 3.05) is 0 Å². The average Bonchev–Trinajstić information content (AvgIpc) is 2.17. The van der Waals surface area contributed by atoms with Crippen molar-refractivity contribution in [3.63, 3.8) is 0 Å². The third-order valence-electron chi connectivity index (χ3n) is 2.25. The predicted molar refractivity (Wildman–Crippen MR) is 59.9 cm³/mol. The minimum Gasteiger partial charge on any atom is -0.480 e. The van der Waals surface area contributed by atoms with Gasteiger partial charge < -0.3 is 5.11 Å². The molecule has 0 aliphatic rings. The number of carboxylic acid groups (broad SMARTS) is 1. The molecule has 0 radical (unpaired) electrons. The summed E-state index contributed by atoms with van der Waals surface area (Å²) in [7, 11) is -3.80. The van der Waals surface area contributed by atoms with Crippen molar-refractivity contribution >= 4 is 15.8 Å². The van der Waals surface area contributed by atoms with E-state index in [-0.39, 0.29) is 4.90 Å². The van der Waals surface area contributed by atoms with E-state index in [1.54, 1.807) is 32.0 Å². The van der Waals surface area contributed by atoms with E-state index in [1.807, 2.05) is 0 Å². The fraction of sp³-hybridized carbons (Fsp3) is 0.364. The van der Waals surface area contributed by atoms with Gasteiger partial charge in [0.2, 0.25) is 0 Å². The first-order valence-electron chi connectivity index (χ1n) is 4.89. The third kappa shape index (κ3) is 2.41. The molecule has 0 aliphatic heterocycles. The van der Waals surface area contributed by atoms with Gasteiger partial charge in [-0.25, -0.2) is 8.42 Å². The number of carbonyl (C=O) groups is 1. The van der Waals surface area contributed by atoms with E-state index in [0.29, 0.717) is 0 Å². The lowest BCUT2D eigenvalue weighted by molar-refractivity contribution is -0.137. The molecule has 0 spiro atoms. The van der Waals surface area contributed by atoms with Crippen LogP contribution in [0.1, 0.15) is 13.8 Å². The first-order valence-corrected chi connectivity index (χ1v) is 6.43. The Morgan fingerprint density at radius 2 is 1.69 bits per heavy atom. The second-order valence-electron chi connectivity index (χ2n) is 3.86. The van der Waals surface area contributed by atoms with Crippen molar-refractivity contribution in [2.24, 2.45) is 5.92 Å². The Kier molecular flexibility index (Phi) is 3.70. The molecule has 0 aliphatic carbocycles. The van der Waals surface area contributed by atoms with E-state index in [0.717, 1.165) is 0 Å². The van der Waals surface area contributed by atoms with Crippen molar-refractivity contribution in [3.05, 3.63) is 30.3 Å². The van der Waals surface area contributed by atoms with Crippen molar-refractivity contribution < 1.29 is 18.3 Å². The maximum Gasteiger partial charge on any atom is 0.322 e. The Balaban J connectivity index is 3.25. The summed E-state index contributed by atoms with van der Waals surface area (Å²) >= 11 is 0. The largest absolute Gasteiger partial charge is 0.480 e. The number of rotatable bonds is 4. The smallest absolute Gasteiger partial charge is 0.322 e. The van der Waals surface area contributed by atoms with Gasteiger partial charge in [0.1, 0.15) is 0 Å². The molecule has 1 aromatic rings. The van der Waals surface area contributed by atoms with Gasteiger partial charge in [-0.1, -0.05) is 32.0 Å². The summed E-state index contributed by atoms with van der Waals surface area (Å²) in [5, 5.41) is 7.57. The highest BCUT2D eigenvalue weighted by molar-refractivity contribution is 7.92. The molecular weight excluding hydrogens is 228 g/mol. The molecule has 0 saturated heterocycles. The number of carboxylic acids is 1. The molecule has 0 aromatic heterocycles. The number of aliphatic carboxylic acids is 1. The second kappa shape index (κ2) is 4.65. The molecule has 1 rings (SSSR count). The van der Waals surface area contributed by atoms with Crippen LogP contribution < -0.4 is 0 Å². The molecule has 0 saturated carbocycles. The Hall–Kier alpha value is -1.36. The fourth-order valence-electron chi connectivity index (χ4n) is 1.53. The van der Waals surface area contributed by atoms with Gasteiger partial charge in [0.25, 0.3) is 0 Å². The van der Waals surface area contributed by atoms with Gasteiger partial charge in [0, 0.05) is 0 Å². The number of benzene rings is 1. The Morgan fingerprint density at radius 1 is 1.19 bits per heavy atom. The van der Waals surface area contributed by atoms with Crippen LogP contribution >= 0.6 is 0 Å². The molecular formula is C11H14O4S. The van der Waals surface area contributed by atoms with E-state index in [4.69, 9.17) is 5.11 Å². The predicted octanol–water partition coefficient (Wildman–Crippen LogP) is 1.57. The van der Waals surface area contributed by atoms with Gasteiger partial charge in [0.15, 0.2) is 15.1 Å². The zero-order chi connectivity index (χ0) is 12.3. The monoisotopic (exact) mass is 242 g/mol. The molecule has 0 bridgehead atoms. The van der Waals surface area contributed by atoms with Crippen LogP contribution in [0, 0.1) is 5.92 Å². The van der Waals surface area contributed by atoms with Crippen LogP contribution in [0.25, 0.3) is 0 Å². The van der Waals surface area contributed by atoms with Crippen molar-refractivity contribution in [1.82, 2.24) is 0 Å². The van der Waals surface area contributed by atoms with Gasteiger partial charge in [-0.2, -0.15) is 0 Å². The van der Waals surface area contributed by atoms with E-state index in [9.17, 15) is 13.2 Å². The van der Waals surface area contributed by atoms with E-state index in [1.165, 1.54) is 12.1 Å². The highest BCUT2D eigenvalue weighted by Gasteiger charge is 2.36. The van der Waals surface area contributed by atoms with Crippen LogP contribution in [0.2, 0.25) is 0 Å². The number of hydrogen-bond acceptors (Lipinski definition) is 3. The summed E-state index contributed by atoms with van der Waals surface area (Å²) in [6, 6.07) is 7.66. The van der Waals surface area contributed by atoms with Crippen LogP contribution in [0.4, 0.5) is 0 Å². The van der Waals surface area contributed by atoms with Crippen LogP contribution in [-0.4, -0.2) is 24.7 Å². The van der Waals surface area contributed by atoms with Crippen molar-refractivity contribution in [3.8, 4) is 0 Å². The van der Waals surface area contributed by atoms with Gasteiger partial charge in [-0.15, -0.1) is 0 Å². The molecule has 1 N–H and O–H groups in total. The van der Waals surface area contributed by atoms with Crippen LogP contribution in [0.3, 0.4) is 0 Å².